The van der Waals surface area contributed by atoms with E-state index in [1.807, 2.05) is 30.4 Å². The van der Waals surface area contributed by atoms with Gasteiger partial charge in [-0.15, -0.1) is 0 Å². The van der Waals surface area contributed by atoms with Crippen LogP contribution in [0.1, 0.15) is 19.3 Å². The van der Waals surface area contributed by atoms with E-state index in [1.54, 1.807) is 19.2 Å². The molecule has 0 radical (unpaired) electrons. The molecule has 0 bridgehead atoms. The molecular weight excluding hydrogens is 348 g/mol. The summed E-state index contributed by atoms with van der Waals surface area (Å²) in [7, 11) is 1.60. The molecule has 1 saturated heterocycles. The van der Waals surface area contributed by atoms with Crippen LogP contribution in [0, 0.1) is 11.8 Å². The van der Waals surface area contributed by atoms with Gasteiger partial charge in [-0.25, -0.2) is 0 Å². The second-order valence-corrected chi connectivity index (χ2v) is 6.68. The number of fused-ring (bicyclic) bond motifs is 1. The Hall–Kier alpha value is -2.96. The number of para-hydroxylation sites is 1. The lowest BCUT2D eigenvalue weighted by Crippen LogP contribution is -2.34. The van der Waals surface area contributed by atoms with Gasteiger partial charge in [-0.2, -0.15) is 0 Å². The van der Waals surface area contributed by atoms with Crippen molar-refractivity contribution < 1.29 is 23.9 Å². The van der Waals surface area contributed by atoms with E-state index in [9.17, 15) is 19.2 Å². The van der Waals surface area contributed by atoms with Crippen LogP contribution < -0.4 is 4.90 Å². The Balaban J connectivity index is 1.45. The van der Waals surface area contributed by atoms with Crippen molar-refractivity contribution in [2.75, 3.05) is 25.1 Å². The molecule has 3 amide bonds. The highest BCUT2D eigenvalue weighted by atomic mass is 16.5. The van der Waals surface area contributed by atoms with Crippen molar-refractivity contribution >= 4 is 29.4 Å². The van der Waals surface area contributed by atoms with Crippen LogP contribution in [0.5, 0.6) is 0 Å². The minimum absolute atomic E-state index is 0.00772. The molecule has 0 spiro atoms. The third-order valence-corrected chi connectivity index (χ3v) is 5.01. The Morgan fingerprint density at radius 2 is 1.67 bits per heavy atom. The summed E-state index contributed by atoms with van der Waals surface area (Å²) in [6.07, 6.45) is 4.84. The number of anilines is 1. The molecule has 1 aromatic carbocycles. The first-order chi connectivity index (χ1) is 13.0. The number of carbonyl (C=O) groups is 4. The highest BCUT2D eigenvalue weighted by Gasteiger charge is 2.46. The van der Waals surface area contributed by atoms with Crippen molar-refractivity contribution in [1.29, 1.82) is 0 Å². The number of likely N-dealkylation sites (tertiary alicyclic amines) is 1. The average Bonchev–Trinajstić information content (AvgIpc) is 2.95. The number of carbonyl (C=O) groups excluding carboxylic acids is 4. The van der Waals surface area contributed by atoms with Crippen LogP contribution in [0.2, 0.25) is 0 Å². The van der Waals surface area contributed by atoms with Crippen LogP contribution in [0.3, 0.4) is 0 Å². The predicted octanol–water partition coefficient (Wildman–Crippen LogP) is 1.53. The minimum Gasteiger partial charge on any atom is -0.455 e. The van der Waals surface area contributed by atoms with Crippen LogP contribution >= 0.6 is 0 Å². The Morgan fingerprint density at radius 3 is 2.26 bits per heavy atom. The zero-order valence-electron chi connectivity index (χ0n) is 15.2. The van der Waals surface area contributed by atoms with E-state index >= 15 is 0 Å². The van der Waals surface area contributed by atoms with Gasteiger partial charge < -0.3 is 9.64 Å². The fourth-order valence-corrected chi connectivity index (χ4v) is 3.40. The quantitative estimate of drug-likeness (QED) is 0.431. The van der Waals surface area contributed by atoms with Gasteiger partial charge in [0.1, 0.15) is 0 Å². The summed E-state index contributed by atoms with van der Waals surface area (Å²) < 4.78 is 5.00. The first-order valence-corrected chi connectivity index (χ1v) is 8.96. The molecule has 27 heavy (non-hydrogen) atoms. The summed E-state index contributed by atoms with van der Waals surface area (Å²) in [5, 5.41) is 0. The third kappa shape index (κ3) is 4.07. The topological polar surface area (TPSA) is 84.0 Å². The van der Waals surface area contributed by atoms with Gasteiger partial charge in [-0.05, 0) is 25.0 Å². The standard InChI is InChI=1S/C20H22N2O5/c1-21(14-7-3-2-4-8-14)17(23)13-27-18(24)11-12-22-19(25)15-9-5-6-10-16(15)20(22)26/h2-8,15-16H,9-13H2,1H3/t15-,16+. The van der Waals surface area contributed by atoms with Crippen LogP contribution in [0.25, 0.3) is 0 Å². The molecule has 2 atom stereocenters. The molecule has 1 aromatic rings. The molecule has 2 aliphatic rings. The second kappa shape index (κ2) is 8.16. The molecule has 0 N–H and O–H groups in total. The zero-order chi connectivity index (χ0) is 19.4. The van der Waals surface area contributed by atoms with E-state index in [4.69, 9.17) is 4.74 Å². The number of rotatable bonds is 6. The normalized spacial score (nSPS) is 21.1. The lowest BCUT2D eigenvalue weighted by molar-refractivity contribution is -0.149. The number of allylic oxidation sites excluding steroid dienone is 2. The minimum atomic E-state index is -0.613. The second-order valence-electron chi connectivity index (χ2n) is 6.68. The van der Waals surface area contributed by atoms with Gasteiger partial charge in [0.25, 0.3) is 5.91 Å². The SMILES string of the molecule is CN(C(=O)COC(=O)CCN1C(=O)[C@H]2CC=CC[C@H]2C1=O)c1ccccc1. The van der Waals surface area contributed by atoms with Crippen molar-refractivity contribution in [2.45, 2.75) is 19.3 Å². The number of likely N-dealkylation sites (N-methyl/N-ethyl adjacent to an activating group) is 1. The maximum atomic E-state index is 12.3. The van der Waals surface area contributed by atoms with E-state index in [-0.39, 0.29) is 49.1 Å². The summed E-state index contributed by atoms with van der Waals surface area (Å²) in [5.74, 6) is -2.03. The Morgan fingerprint density at radius 1 is 1.07 bits per heavy atom. The van der Waals surface area contributed by atoms with Crippen LogP contribution in [0.15, 0.2) is 42.5 Å². The van der Waals surface area contributed by atoms with E-state index < -0.39 is 5.97 Å². The van der Waals surface area contributed by atoms with Crippen molar-refractivity contribution in [3.05, 3.63) is 42.5 Å². The Labute approximate surface area is 157 Å². The molecule has 1 heterocycles. The van der Waals surface area contributed by atoms with Gasteiger partial charge in [0.2, 0.25) is 11.8 Å². The number of nitrogens with zero attached hydrogens (tertiary/aromatic N) is 2. The molecular formula is C20H22N2O5. The van der Waals surface area contributed by atoms with Gasteiger partial charge in [0, 0.05) is 19.3 Å². The van der Waals surface area contributed by atoms with E-state index in [0.717, 1.165) is 4.90 Å². The number of hydrogen-bond donors (Lipinski definition) is 0. The van der Waals surface area contributed by atoms with E-state index in [0.29, 0.717) is 18.5 Å². The highest BCUT2D eigenvalue weighted by molar-refractivity contribution is 6.05. The van der Waals surface area contributed by atoms with E-state index in [2.05, 4.69) is 0 Å². The Kier molecular flexibility index (Phi) is 5.69. The monoisotopic (exact) mass is 370 g/mol. The van der Waals surface area contributed by atoms with Crippen molar-refractivity contribution in [1.82, 2.24) is 4.90 Å². The molecule has 1 aliphatic heterocycles. The van der Waals surface area contributed by atoms with E-state index in [1.165, 1.54) is 4.90 Å². The number of esters is 1. The average molecular weight is 370 g/mol. The fraction of sp³-hybridized carbons (Fsp3) is 0.400. The van der Waals surface area contributed by atoms with Gasteiger partial charge in [-0.3, -0.25) is 24.1 Å². The molecule has 3 rings (SSSR count). The molecule has 7 heteroatoms. The molecule has 1 aliphatic carbocycles. The largest absolute Gasteiger partial charge is 0.455 e. The van der Waals surface area contributed by atoms with Gasteiger partial charge in [0.05, 0.1) is 18.3 Å². The maximum Gasteiger partial charge on any atom is 0.308 e. The molecule has 142 valence electrons. The maximum absolute atomic E-state index is 12.3. The first kappa shape index (κ1) is 18.8. The molecule has 0 saturated carbocycles. The van der Waals surface area contributed by atoms with Crippen molar-refractivity contribution in [3.63, 3.8) is 0 Å². The molecule has 0 aromatic heterocycles. The zero-order valence-corrected chi connectivity index (χ0v) is 15.2. The summed E-state index contributed by atoms with van der Waals surface area (Å²) in [5.41, 5.74) is 0.697. The van der Waals surface area contributed by atoms with Crippen LogP contribution in [0.4, 0.5) is 5.69 Å². The number of ether oxygens (including phenoxy) is 1. The number of hydrogen-bond acceptors (Lipinski definition) is 5. The third-order valence-electron chi connectivity index (χ3n) is 5.01. The lowest BCUT2D eigenvalue weighted by atomic mass is 9.85. The number of amides is 3. The summed E-state index contributed by atoms with van der Waals surface area (Å²) in [6.45, 7) is -0.395. The molecule has 7 nitrogen and oxygen atoms in total. The first-order valence-electron chi connectivity index (χ1n) is 8.96. The van der Waals surface area contributed by atoms with Crippen molar-refractivity contribution in [3.8, 4) is 0 Å². The molecule has 0 unspecified atom stereocenters. The van der Waals surface area contributed by atoms with Gasteiger partial charge in [-0.1, -0.05) is 30.4 Å². The number of benzene rings is 1. The number of imide groups is 1. The smallest absolute Gasteiger partial charge is 0.308 e. The highest BCUT2D eigenvalue weighted by Crippen LogP contribution is 2.34. The summed E-state index contributed by atoms with van der Waals surface area (Å²) in [4.78, 5) is 51.3. The van der Waals surface area contributed by atoms with Crippen LogP contribution in [-0.2, 0) is 23.9 Å². The fourth-order valence-electron chi connectivity index (χ4n) is 3.40. The van der Waals surface area contributed by atoms with Crippen LogP contribution in [-0.4, -0.2) is 48.8 Å². The summed E-state index contributed by atoms with van der Waals surface area (Å²) in [6, 6.07) is 9.01. The lowest BCUT2D eigenvalue weighted by Gasteiger charge is -2.17. The summed E-state index contributed by atoms with van der Waals surface area (Å²) >= 11 is 0. The Bertz CT molecular complexity index is 748. The van der Waals surface area contributed by atoms with Gasteiger partial charge >= 0.3 is 5.97 Å². The molecule has 1 fully saturated rings. The predicted molar refractivity (Wildman–Crippen MR) is 97.5 cm³/mol. The van der Waals surface area contributed by atoms with Gasteiger partial charge in [0.15, 0.2) is 6.61 Å². The van der Waals surface area contributed by atoms with Crippen molar-refractivity contribution in [2.24, 2.45) is 11.8 Å².